The summed E-state index contributed by atoms with van der Waals surface area (Å²) in [6, 6.07) is 5.34. The van der Waals surface area contributed by atoms with E-state index in [1.54, 1.807) is 0 Å². The van der Waals surface area contributed by atoms with Crippen LogP contribution in [0.3, 0.4) is 0 Å². The Balaban J connectivity index is 2.55. The maximum absolute atomic E-state index is 13.8. The Labute approximate surface area is 121 Å². The average Bonchev–Trinajstić information content (AvgIpc) is 2.40. The van der Waals surface area contributed by atoms with Gasteiger partial charge in [0.25, 0.3) is 6.43 Å². The molecule has 0 atom stereocenters. The molecule has 0 bridgehead atoms. The van der Waals surface area contributed by atoms with Gasteiger partial charge in [0.05, 0.1) is 10.6 Å². The summed E-state index contributed by atoms with van der Waals surface area (Å²) in [6.45, 7) is 0. The molecule has 0 radical (unpaired) electrons. The molecular formula is C14H7ClF6. The van der Waals surface area contributed by atoms with Crippen molar-refractivity contribution in [3.63, 3.8) is 0 Å². The lowest BCUT2D eigenvalue weighted by Gasteiger charge is -2.11. The van der Waals surface area contributed by atoms with E-state index in [9.17, 15) is 26.3 Å². The first kappa shape index (κ1) is 15.7. The zero-order valence-corrected chi connectivity index (χ0v) is 10.9. The van der Waals surface area contributed by atoms with Gasteiger partial charge in [0.15, 0.2) is 0 Å². The van der Waals surface area contributed by atoms with E-state index < -0.39 is 34.6 Å². The quantitative estimate of drug-likeness (QED) is 0.585. The lowest BCUT2D eigenvalue weighted by atomic mass is 10.0. The monoisotopic (exact) mass is 324 g/mol. The standard InChI is InChI=1S/C14H7ClF6/c15-11-5-9(12(16)6-10(11)13(17)18)7-2-1-3-8(4-7)14(19,20)21/h1-6,13H. The molecule has 0 saturated carbocycles. The van der Waals surface area contributed by atoms with Gasteiger partial charge in [-0.1, -0.05) is 23.7 Å². The zero-order chi connectivity index (χ0) is 15.8. The molecule has 0 unspecified atom stereocenters. The number of alkyl halides is 5. The van der Waals surface area contributed by atoms with Gasteiger partial charge in [-0.25, -0.2) is 13.2 Å². The molecule has 0 N–H and O–H groups in total. The summed E-state index contributed by atoms with van der Waals surface area (Å²) in [5, 5.41) is -0.404. The van der Waals surface area contributed by atoms with Crippen molar-refractivity contribution in [3.8, 4) is 11.1 Å². The van der Waals surface area contributed by atoms with E-state index in [1.165, 1.54) is 6.07 Å². The minimum atomic E-state index is -4.58. The van der Waals surface area contributed by atoms with Crippen molar-refractivity contribution >= 4 is 11.6 Å². The molecule has 0 amide bonds. The van der Waals surface area contributed by atoms with Crippen LogP contribution in [-0.4, -0.2) is 0 Å². The van der Waals surface area contributed by atoms with Crippen molar-refractivity contribution in [1.82, 2.24) is 0 Å². The number of halogens is 7. The fourth-order valence-electron chi connectivity index (χ4n) is 1.81. The van der Waals surface area contributed by atoms with Gasteiger partial charge in [0.2, 0.25) is 0 Å². The van der Waals surface area contributed by atoms with Gasteiger partial charge in [-0.15, -0.1) is 0 Å². The first-order chi connectivity index (χ1) is 9.70. The summed E-state index contributed by atoms with van der Waals surface area (Å²) >= 11 is 5.61. The molecule has 21 heavy (non-hydrogen) atoms. The Morgan fingerprint density at radius 2 is 1.67 bits per heavy atom. The summed E-state index contributed by atoms with van der Waals surface area (Å²) in [5.41, 5.74) is -2.03. The van der Waals surface area contributed by atoms with E-state index >= 15 is 0 Å². The first-order valence-corrected chi connectivity index (χ1v) is 6.02. The summed E-state index contributed by atoms with van der Waals surface area (Å²) in [7, 11) is 0. The lowest BCUT2D eigenvalue weighted by Crippen LogP contribution is -2.04. The first-order valence-electron chi connectivity index (χ1n) is 5.65. The second-order valence-corrected chi connectivity index (χ2v) is 4.64. The van der Waals surface area contributed by atoms with Crippen LogP contribution in [-0.2, 0) is 6.18 Å². The Morgan fingerprint density at radius 1 is 1.00 bits per heavy atom. The van der Waals surface area contributed by atoms with Crippen LogP contribution >= 0.6 is 11.6 Å². The zero-order valence-electron chi connectivity index (χ0n) is 10.2. The summed E-state index contributed by atoms with van der Waals surface area (Å²) in [4.78, 5) is 0. The highest BCUT2D eigenvalue weighted by molar-refractivity contribution is 6.31. The fraction of sp³-hybridized carbons (Fsp3) is 0.143. The maximum Gasteiger partial charge on any atom is 0.416 e. The second kappa shape index (κ2) is 5.60. The van der Waals surface area contributed by atoms with Crippen molar-refractivity contribution in [1.29, 1.82) is 0 Å². The van der Waals surface area contributed by atoms with E-state index in [-0.39, 0.29) is 11.1 Å². The molecule has 2 rings (SSSR count). The largest absolute Gasteiger partial charge is 0.416 e. The smallest absolute Gasteiger partial charge is 0.206 e. The molecule has 0 aliphatic rings. The molecule has 7 heteroatoms. The van der Waals surface area contributed by atoms with E-state index in [0.717, 1.165) is 24.3 Å². The number of benzene rings is 2. The number of hydrogen-bond acceptors (Lipinski definition) is 0. The van der Waals surface area contributed by atoms with E-state index in [1.807, 2.05) is 0 Å². The summed E-state index contributed by atoms with van der Waals surface area (Å²) in [5.74, 6) is -1.06. The van der Waals surface area contributed by atoms with Crippen molar-refractivity contribution in [3.05, 3.63) is 58.4 Å². The topological polar surface area (TPSA) is 0 Å². The maximum atomic E-state index is 13.8. The van der Waals surface area contributed by atoms with Crippen molar-refractivity contribution in [2.24, 2.45) is 0 Å². The van der Waals surface area contributed by atoms with Crippen LogP contribution in [0.15, 0.2) is 36.4 Å². The molecule has 2 aromatic rings. The van der Waals surface area contributed by atoms with Gasteiger partial charge in [-0.3, -0.25) is 0 Å². The number of hydrogen-bond donors (Lipinski definition) is 0. The minimum Gasteiger partial charge on any atom is -0.206 e. The molecule has 0 saturated heterocycles. The highest BCUT2D eigenvalue weighted by Crippen LogP contribution is 2.36. The van der Waals surface area contributed by atoms with Crippen LogP contribution in [0.4, 0.5) is 26.3 Å². The van der Waals surface area contributed by atoms with Gasteiger partial charge < -0.3 is 0 Å². The molecule has 0 aliphatic heterocycles. The average molecular weight is 325 g/mol. The van der Waals surface area contributed by atoms with Crippen molar-refractivity contribution in [2.75, 3.05) is 0 Å². The highest BCUT2D eigenvalue weighted by Gasteiger charge is 2.30. The molecule has 0 nitrogen and oxygen atoms in total. The van der Waals surface area contributed by atoms with E-state index in [2.05, 4.69) is 0 Å². The van der Waals surface area contributed by atoms with Gasteiger partial charge in [-0.2, -0.15) is 13.2 Å². The molecule has 0 aliphatic carbocycles. The van der Waals surface area contributed by atoms with Crippen LogP contribution in [0, 0.1) is 5.82 Å². The summed E-state index contributed by atoms with van der Waals surface area (Å²) < 4.78 is 76.8. The van der Waals surface area contributed by atoms with Gasteiger partial charge in [0, 0.05) is 11.1 Å². The SMILES string of the molecule is Fc1cc(C(F)F)c(Cl)cc1-c1cccc(C(F)(F)F)c1. The minimum absolute atomic E-state index is 0.0926. The second-order valence-electron chi connectivity index (χ2n) is 4.23. The van der Waals surface area contributed by atoms with E-state index in [0.29, 0.717) is 6.07 Å². The third-order valence-corrected chi connectivity index (χ3v) is 3.15. The van der Waals surface area contributed by atoms with Gasteiger partial charge in [-0.05, 0) is 29.8 Å². The molecule has 2 aromatic carbocycles. The normalized spacial score (nSPS) is 12.0. The third-order valence-electron chi connectivity index (χ3n) is 2.82. The predicted molar refractivity (Wildman–Crippen MR) is 66.8 cm³/mol. The van der Waals surface area contributed by atoms with Crippen molar-refractivity contribution < 1.29 is 26.3 Å². The van der Waals surface area contributed by atoms with Crippen LogP contribution in [0.1, 0.15) is 17.6 Å². The molecule has 112 valence electrons. The highest BCUT2D eigenvalue weighted by atomic mass is 35.5. The molecule has 0 aromatic heterocycles. The summed E-state index contributed by atoms with van der Waals surface area (Å²) in [6.07, 6.45) is -7.55. The van der Waals surface area contributed by atoms with Crippen LogP contribution in [0.25, 0.3) is 11.1 Å². The van der Waals surface area contributed by atoms with Gasteiger partial charge in [0.1, 0.15) is 5.82 Å². The molecule has 0 fully saturated rings. The Bertz CT molecular complexity index is 663. The molecule has 0 spiro atoms. The van der Waals surface area contributed by atoms with Gasteiger partial charge >= 0.3 is 6.18 Å². The third kappa shape index (κ3) is 3.32. The number of rotatable bonds is 2. The Morgan fingerprint density at radius 3 is 2.24 bits per heavy atom. The molecule has 0 heterocycles. The molecular weight excluding hydrogens is 318 g/mol. The van der Waals surface area contributed by atoms with Crippen molar-refractivity contribution in [2.45, 2.75) is 12.6 Å². The van der Waals surface area contributed by atoms with Crippen LogP contribution in [0.2, 0.25) is 5.02 Å². The van der Waals surface area contributed by atoms with Crippen LogP contribution < -0.4 is 0 Å². The Hall–Kier alpha value is -1.69. The van der Waals surface area contributed by atoms with Crippen LogP contribution in [0.5, 0.6) is 0 Å². The Kier molecular flexibility index (Phi) is 4.18. The van der Waals surface area contributed by atoms with E-state index in [4.69, 9.17) is 11.6 Å². The fourth-order valence-corrected chi connectivity index (χ4v) is 2.06. The lowest BCUT2D eigenvalue weighted by molar-refractivity contribution is -0.137. The predicted octanol–water partition coefficient (Wildman–Crippen LogP) is 6.10.